The normalized spacial score (nSPS) is 23.0. The van der Waals surface area contributed by atoms with Crippen LogP contribution in [0.2, 0.25) is 0 Å². The van der Waals surface area contributed by atoms with Crippen LogP contribution in [0, 0.1) is 5.82 Å². The largest absolute Gasteiger partial charge is 0.381 e. The molecule has 3 aliphatic rings. The topological polar surface area (TPSA) is 91.7 Å². The van der Waals surface area contributed by atoms with Crippen molar-refractivity contribution in [2.24, 2.45) is 5.73 Å². The van der Waals surface area contributed by atoms with Gasteiger partial charge in [-0.15, -0.1) is 0 Å². The molecule has 7 nitrogen and oxygen atoms in total. The van der Waals surface area contributed by atoms with Gasteiger partial charge in [-0.25, -0.2) is 4.39 Å². The van der Waals surface area contributed by atoms with Gasteiger partial charge in [0.1, 0.15) is 5.82 Å². The number of carbonyl (C=O) groups is 1. The minimum Gasteiger partial charge on any atom is -0.381 e. The van der Waals surface area contributed by atoms with Crippen molar-refractivity contribution in [1.29, 1.82) is 0 Å². The number of nitrogens with one attached hydrogen (secondary N) is 3. The zero-order valence-electron chi connectivity index (χ0n) is 18.8. The Morgan fingerprint density at radius 2 is 1.91 bits per heavy atom. The van der Waals surface area contributed by atoms with Crippen molar-refractivity contribution in [1.82, 2.24) is 5.32 Å². The molecule has 1 saturated carbocycles. The monoisotopic (exact) mass is 453 g/mol. The van der Waals surface area contributed by atoms with E-state index in [9.17, 15) is 9.18 Å². The van der Waals surface area contributed by atoms with Crippen LogP contribution in [0.15, 0.2) is 30.3 Å². The van der Waals surface area contributed by atoms with Crippen molar-refractivity contribution in [3.63, 3.8) is 0 Å². The third-order valence-corrected chi connectivity index (χ3v) is 6.88. The molecule has 2 fully saturated rings. The predicted octanol–water partition coefficient (Wildman–Crippen LogP) is 3.37. The molecule has 0 bridgehead atoms. The van der Waals surface area contributed by atoms with Gasteiger partial charge in [-0.3, -0.25) is 4.79 Å². The maximum absolute atomic E-state index is 15.0. The number of halogens is 1. The maximum Gasteiger partial charge on any atom is 0.253 e. The molecular formula is C25H32FN5O2. The van der Waals surface area contributed by atoms with Crippen LogP contribution in [-0.4, -0.2) is 50.8 Å². The highest BCUT2D eigenvalue weighted by molar-refractivity contribution is 6.03. The molecule has 2 aliphatic heterocycles. The minimum absolute atomic E-state index is 0.106. The number of hydrogen-bond donors (Lipinski definition) is 4. The predicted molar refractivity (Wildman–Crippen MR) is 129 cm³/mol. The van der Waals surface area contributed by atoms with Crippen molar-refractivity contribution in [3.05, 3.63) is 47.3 Å². The van der Waals surface area contributed by atoms with Gasteiger partial charge in [0.15, 0.2) is 0 Å². The van der Waals surface area contributed by atoms with Crippen LogP contribution in [0.4, 0.5) is 27.1 Å². The van der Waals surface area contributed by atoms with Crippen LogP contribution >= 0.6 is 0 Å². The van der Waals surface area contributed by atoms with Crippen LogP contribution in [0.5, 0.6) is 0 Å². The Hall–Kier alpha value is -2.84. The summed E-state index contributed by atoms with van der Waals surface area (Å²) < 4.78 is 20.3. The van der Waals surface area contributed by atoms with E-state index in [1.807, 2.05) is 17.0 Å². The Morgan fingerprint density at radius 3 is 2.70 bits per heavy atom. The zero-order chi connectivity index (χ0) is 22.8. The van der Waals surface area contributed by atoms with Crippen molar-refractivity contribution in [3.8, 4) is 0 Å². The maximum atomic E-state index is 15.0. The van der Waals surface area contributed by atoms with E-state index in [4.69, 9.17) is 10.5 Å². The van der Waals surface area contributed by atoms with Gasteiger partial charge in [0.2, 0.25) is 0 Å². The number of benzene rings is 2. The second-order valence-electron chi connectivity index (χ2n) is 9.15. The minimum atomic E-state index is -0.289. The lowest BCUT2D eigenvalue weighted by Crippen LogP contribution is -2.42. The van der Waals surface area contributed by atoms with Gasteiger partial charge in [0.05, 0.1) is 30.2 Å². The number of ether oxygens (including phenoxy) is 1. The number of hydrogen-bond acceptors (Lipinski definition) is 6. The molecule has 2 heterocycles. The van der Waals surface area contributed by atoms with Crippen LogP contribution in [0.1, 0.15) is 41.6 Å². The molecule has 1 amide bonds. The number of fused-ring (bicyclic) bond motifs is 1. The van der Waals surface area contributed by atoms with Crippen molar-refractivity contribution in [2.75, 3.05) is 48.4 Å². The summed E-state index contributed by atoms with van der Waals surface area (Å²) in [7, 11) is 0. The summed E-state index contributed by atoms with van der Waals surface area (Å²) in [6.07, 6.45) is 5.15. The molecule has 2 atom stereocenters. The molecule has 5 N–H and O–H groups in total. The van der Waals surface area contributed by atoms with Crippen LogP contribution in [-0.2, 0) is 11.2 Å². The molecule has 1 aliphatic carbocycles. The standard InChI is InChI=1S/C25H32FN5O2/c26-19-14-17(5-6-23(19)31-9-11-33-12-10-31)29-22-15-18(30-21-4-2-1-3-20(21)27)13-16-7-8-28-25(32)24(16)22/h5-6,13-15,20-21,29-30H,1-4,7-12,27H2,(H,28,32)/t20-,21+/m0/s1. The molecule has 2 aromatic rings. The van der Waals surface area contributed by atoms with Gasteiger partial charge in [-0.1, -0.05) is 12.8 Å². The van der Waals surface area contributed by atoms with E-state index in [0.29, 0.717) is 55.5 Å². The molecule has 0 spiro atoms. The van der Waals surface area contributed by atoms with Crippen LogP contribution in [0.3, 0.4) is 0 Å². The number of amides is 1. The Kier molecular flexibility index (Phi) is 6.37. The van der Waals surface area contributed by atoms with Crippen LogP contribution in [0.25, 0.3) is 0 Å². The summed E-state index contributed by atoms with van der Waals surface area (Å²) in [5.41, 5.74) is 10.8. The summed E-state index contributed by atoms with van der Waals surface area (Å²) in [6.45, 7) is 3.17. The van der Waals surface area contributed by atoms with Crippen LogP contribution < -0.4 is 26.6 Å². The fourth-order valence-corrected chi connectivity index (χ4v) is 5.10. The Morgan fingerprint density at radius 1 is 1.09 bits per heavy atom. The van der Waals surface area contributed by atoms with E-state index in [1.54, 1.807) is 6.07 Å². The summed E-state index contributed by atoms with van der Waals surface area (Å²) in [4.78, 5) is 14.7. The molecule has 2 aromatic carbocycles. The number of anilines is 4. The molecule has 5 rings (SSSR count). The molecule has 8 heteroatoms. The first-order valence-electron chi connectivity index (χ1n) is 11.9. The molecule has 176 valence electrons. The third kappa shape index (κ3) is 4.77. The van der Waals surface area contributed by atoms with E-state index >= 15 is 0 Å². The summed E-state index contributed by atoms with van der Waals surface area (Å²) in [5, 5.41) is 9.83. The number of rotatable bonds is 5. The third-order valence-electron chi connectivity index (χ3n) is 6.88. The number of morpholine rings is 1. The van der Waals surface area contributed by atoms with E-state index in [0.717, 1.165) is 30.5 Å². The first-order chi connectivity index (χ1) is 16.1. The van der Waals surface area contributed by atoms with Crippen molar-refractivity contribution >= 4 is 28.7 Å². The van der Waals surface area contributed by atoms with Gasteiger partial charge in [0, 0.05) is 43.1 Å². The lowest BCUT2D eigenvalue weighted by molar-refractivity contribution is 0.0947. The SMILES string of the molecule is N[C@H]1CCCC[C@H]1Nc1cc2c(c(Nc3ccc(N4CCOCC4)c(F)c3)c1)C(=O)NCC2. The fourth-order valence-electron chi connectivity index (χ4n) is 5.10. The summed E-state index contributed by atoms with van der Waals surface area (Å²) in [5.74, 6) is -0.396. The van der Waals surface area contributed by atoms with E-state index < -0.39 is 0 Å². The second kappa shape index (κ2) is 9.57. The number of carbonyl (C=O) groups excluding carboxylic acids is 1. The smallest absolute Gasteiger partial charge is 0.253 e. The molecular weight excluding hydrogens is 421 g/mol. The summed E-state index contributed by atoms with van der Waals surface area (Å²) >= 11 is 0. The molecule has 1 saturated heterocycles. The lowest BCUT2D eigenvalue weighted by Gasteiger charge is -2.31. The Labute approximate surface area is 193 Å². The number of nitrogens with zero attached hydrogens (tertiary/aromatic N) is 1. The van der Waals surface area contributed by atoms with Gasteiger partial charge >= 0.3 is 0 Å². The lowest BCUT2D eigenvalue weighted by atomic mass is 9.90. The first-order valence-corrected chi connectivity index (χ1v) is 11.9. The highest BCUT2D eigenvalue weighted by Crippen LogP contribution is 2.33. The van der Waals surface area contributed by atoms with Crippen molar-refractivity contribution in [2.45, 2.75) is 44.2 Å². The molecule has 33 heavy (non-hydrogen) atoms. The van der Waals surface area contributed by atoms with Gasteiger partial charge in [-0.05, 0) is 55.2 Å². The molecule has 0 aromatic heterocycles. The number of nitrogens with two attached hydrogens (primary N) is 1. The van der Waals surface area contributed by atoms with E-state index in [1.165, 1.54) is 18.9 Å². The highest BCUT2D eigenvalue weighted by Gasteiger charge is 2.25. The van der Waals surface area contributed by atoms with Gasteiger partial charge < -0.3 is 31.3 Å². The van der Waals surface area contributed by atoms with E-state index in [2.05, 4.69) is 22.0 Å². The summed E-state index contributed by atoms with van der Waals surface area (Å²) in [6, 6.07) is 9.48. The van der Waals surface area contributed by atoms with E-state index in [-0.39, 0.29) is 23.8 Å². The molecule has 0 radical (unpaired) electrons. The average molecular weight is 454 g/mol. The quantitative estimate of drug-likeness (QED) is 0.555. The average Bonchev–Trinajstić information content (AvgIpc) is 2.81. The van der Waals surface area contributed by atoms with Gasteiger partial charge in [-0.2, -0.15) is 0 Å². The fraction of sp³-hybridized carbons (Fsp3) is 0.480. The highest BCUT2D eigenvalue weighted by atomic mass is 19.1. The van der Waals surface area contributed by atoms with Crippen molar-refractivity contribution < 1.29 is 13.9 Å². The Balaban J connectivity index is 1.42. The zero-order valence-corrected chi connectivity index (χ0v) is 18.8. The first kappa shape index (κ1) is 22.0. The van der Waals surface area contributed by atoms with Gasteiger partial charge in [0.25, 0.3) is 5.91 Å². The second-order valence-corrected chi connectivity index (χ2v) is 9.15. The molecule has 0 unspecified atom stereocenters. The Bertz CT molecular complexity index is 1020.